The third kappa shape index (κ3) is 3.11. The maximum absolute atomic E-state index is 4.16. The van der Waals surface area contributed by atoms with E-state index in [9.17, 15) is 0 Å². The first-order valence-electron chi connectivity index (χ1n) is 5.35. The molecule has 0 aliphatic rings. The minimum Gasteiger partial charge on any atom is -0.378 e. The molecule has 2 rings (SSSR count). The smallest absolute Gasteiger partial charge is 0.0887 e. The van der Waals surface area contributed by atoms with Gasteiger partial charge >= 0.3 is 0 Å². The van der Waals surface area contributed by atoms with E-state index in [2.05, 4.69) is 15.2 Å². The minimum atomic E-state index is 0.802. The van der Waals surface area contributed by atoms with Crippen LogP contribution in [0.3, 0.4) is 0 Å². The van der Waals surface area contributed by atoms with Gasteiger partial charge in [-0.2, -0.15) is 10.2 Å². The highest BCUT2D eigenvalue weighted by Crippen LogP contribution is 2.20. The van der Waals surface area contributed by atoms with E-state index in [1.807, 2.05) is 55.4 Å². The number of azo groups is 1. The summed E-state index contributed by atoms with van der Waals surface area (Å²) in [5.74, 6) is 0. The standard InChI is InChI=1S/C13H14N4/c1-17(2)13-5-3-11(4-6-13)15-16-12-7-9-14-10-8-12/h3-10H,1-2H3/b16-15+. The van der Waals surface area contributed by atoms with E-state index in [0.29, 0.717) is 0 Å². The van der Waals surface area contributed by atoms with E-state index in [1.54, 1.807) is 12.4 Å². The van der Waals surface area contributed by atoms with Crippen LogP contribution < -0.4 is 4.90 Å². The molecule has 0 unspecified atom stereocenters. The van der Waals surface area contributed by atoms with Gasteiger partial charge in [-0.15, -0.1) is 0 Å². The molecule has 17 heavy (non-hydrogen) atoms. The molecule has 0 aliphatic carbocycles. The van der Waals surface area contributed by atoms with Crippen LogP contribution in [-0.2, 0) is 0 Å². The van der Waals surface area contributed by atoms with Crippen molar-refractivity contribution >= 4 is 17.1 Å². The first-order chi connectivity index (χ1) is 8.25. The number of hydrogen-bond acceptors (Lipinski definition) is 4. The fourth-order valence-electron chi connectivity index (χ4n) is 1.34. The second-order valence-electron chi connectivity index (χ2n) is 3.82. The topological polar surface area (TPSA) is 40.9 Å². The summed E-state index contributed by atoms with van der Waals surface area (Å²) in [5, 5.41) is 8.28. The molecule has 86 valence electrons. The normalized spacial score (nSPS) is 10.7. The highest BCUT2D eigenvalue weighted by atomic mass is 15.1. The van der Waals surface area contributed by atoms with Crippen molar-refractivity contribution in [3.63, 3.8) is 0 Å². The predicted molar refractivity (Wildman–Crippen MR) is 69.2 cm³/mol. The monoisotopic (exact) mass is 226 g/mol. The van der Waals surface area contributed by atoms with Gasteiger partial charge in [-0.1, -0.05) is 0 Å². The van der Waals surface area contributed by atoms with Crippen LogP contribution in [0.5, 0.6) is 0 Å². The maximum atomic E-state index is 4.16. The number of pyridine rings is 1. The zero-order valence-electron chi connectivity index (χ0n) is 9.91. The summed E-state index contributed by atoms with van der Waals surface area (Å²) in [6, 6.07) is 11.6. The summed E-state index contributed by atoms with van der Waals surface area (Å²) < 4.78 is 0. The molecule has 0 aliphatic heterocycles. The number of aromatic nitrogens is 1. The van der Waals surface area contributed by atoms with Crippen molar-refractivity contribution in [3.8, 4) is 0 Å². The molecule has 0 amide bonds. The third-order valence-electron chi connectivity index (χ3n) is 2.31. The first-order valence-corrected chi connectivity index (χ1v) is 5.35. The minimum absolute atomic E-state index is 0.802. The molecule has 0 bridgehead atoms. The Morgan fingerprint density at radius 1 is 0.824 bits per heavy atom. The van der Waals surface area contributed by atoms with Crippen molar-refractivity contribution in [2.75, 3.05) is 19.0 Å². The third-order valence-corrected chi connectivity index (χ3v) is 2.31. The number of hydrogen-bond donors (Lipinski definition) is 0. The molecule has 4 heteroatoms. The quantitative estimate of drug-likeness (QED) is 0.751. The summed E-state index contributed by atoms with van der Waals surface area (Å²) in [6.07, 6.45) is 3.40. The van der Waals surface area contributed by atoms with Crippen molar-refractivity contribution in [3.05, 3.63) is 48.8 Å². The molecule has 0 radical (unpaired) electrons. The average molecular weight is 226 g/mol. The average Bonchev–Trinajstić information content (AvgIpc) is 2.38. The summed E-state index contributed by atoms with van der Waals surface area (Å²) >= 11 is 0. The van der Waals surface area contributed by atoms with Crippen LogP contribution in [0.1, 0.15) is 0 Å². The lowest BCUT2D eigenvalue weighted by Crippen LogP contribution is -2.07. The Bertz CT molecular complexity index is 489. The van der Waals surface area contributed by atoms with Gasteiger partial charge in [0.1, 0.15) is 0 Å². The predicted octanol–water partition coefficient (Wildman–Crippen LogP) is 3.56. The van der Waals surface area contributed by atoms with Gasteiger partial charge in [0, 0.05) is 32.2 Å². The van der Waals surface area contributed by atoms with Gasteiger partial charge in [0.25, 0.3) is 0 Å². The first kappa shape index (κ1) is 11.3. The SMILES string of the molecule is CN(C)c1ccc(/N=N/c2ccncc2)cc1. The molecule has 0 atom stereocenters. The van der Waals surface area contributed by atoms with Crippen molar-refractivity contribution in [1.29, 1.82) is 0 Å². The summed E-state index contributed by atoms with van der Waals surface area (Å²) in [7, 11) is 4.01. The zero-order chi connectivity index (χ0) is 12.1. The van der Waals surface area contributed by atoms with Crippen molar-refractivity contribution in [2.24, 2.45) is 10.2 Å². The Morgan fingerprint density at radius 3 is 1.88 bits per heavy atom. The molecular formula is C13H14N4. The molecule has 0 saturated heterocycles. The molecular weight excluding hydrogens is 212 g/mol. The van der Waals surface area contributed by atoms with Crippen LogP contribution in [0, 0.1) is 0 Å². The molecule has 0 spiro atoms. The van der Waals surface area contributed by atoms with Crippen molar-refractivity contribution in [1.82, 2.24) is 4.98 Å². The van der Waals surface area contributed by atoms with Crippen LogP contribution in [0.2, 0.25) is 0 Å². The number of rotatable bonds is 3. The second kappa shape index (κ2) is 5.21. The van der Waals surface area contributed by atoms with Crippen LogP contribution in [0.4, 0.5) is 17.1 Å². The molecule has 4 nitrogen and oxygen atoms in total. The van der Waals surface area contributed by atoms with E-state index in [0.717, 1.165) is 17.1 Å². The van der Waals surface area contributed by atoms with E-state index in [4.69, 9.17) is 0 Å². The van der Waals surface area contributed by atoms with E-state index >= 15 is 0 Å². The Labute approximate surface area is 101 Å². The van der Waals surface area contributed by atoms with E-state index < -0.39 is 0 Å². The maximum Gasteiger partial charge on any atom is 0.0887 e. The second-order valence-corrected chi connectivity index (χ2v) is 3.82. The number of nitrogens with zero attached hydrogens (tertiary/aromatic N) is 4. The molecule has 2 aromatic rings. The summed E-state index contributed by atoms with van der Waals surface area (Å²) in [6.45, 7) is 0. The molecule has 0 saturated carbocycles. The lowest BCUT2D eigenvalue weighted by atomic mass is 10.3. The number of benzene rings is 1. The van der Waals surface area contributed by atoms with Gasteiger partial charge in [-0.05, 0) is 36.4 Å². The van der Waals surface area contributed by atoms with Crippen molar-refractivity contribution in [2.45, 2.75) is 0 Å². The van der Waals surface area contributed by atoms with Crippen LogP contribution >= 0.6 is 0 Å². The van der Waals surface area contributed by atoms with E-state index in [1.165, 1.54) is 0 Å². The molecule has 0 N–H and O–H groups in total. The Balaban J connectivity index is 2.12. The van der Waals surface area contributed by atoms with Crippen LogP contribution in [-0.4, -0.2) is 19.1 Å². The van der Waals surface area contributed by atoms with Crippen LogP contribution in [0.25, 0.3) is 0 Å². The van der Waals surface area contributed by atoms with Crippen molar-refractivity contribution < 1.29 is 0 Å². The van der Waals surface area contributed by atoms with Gasteiger partial charge in [0.2, 0.25) is 0 Å². The zero-order valence-corrected chi connectivity index (χ0v) is 9.91. The number of anilines is 1. The fraction of sp³-hybridized carbons (Fsp3) is 0.154. The highest BCUT2D eigenvalue weighted by Gasteiger charge is 1.94. The lowest BCUT2D eigenvalue weighted by Gasteiger charge is -2.11. The Morgan fingerprint density at radius 2 is 1.35 bits per heavy atom. The molecule has 1 aromatic carbocycles. The lowest BCUT2D eigenvalue weighted by molar-refractivity contribution is 1.13. The Kier molecular flexibility index (Phi) is 3.45. The summed E-state index contributed by atoms with van der Waals surface area (Å²) in [5.41, 5.74) is 2.79. The summed E-state index contributed by atoms with van der Waals surface area (Å²) in [4.78, 5) is 5.97. The highest BCUT2D eigenvalue weighted by molar-refractivity contribution is 5.51. The fourth-order valence-corrected chi connectivity index (χ4v) is 1.34. The Hall–Kier alpha value is -2.23. The largest absolute Gasteiger partial charge is 0.378 e. The van der Waals surface area contributed by atoms with Crippen LogP contribution in [0.15, 0.2) is 59.0 Å². The van der Waals surface area contributed by atoms with Gasteiger partial charge < -0.3 is 4.90 Å². The van der Waals surface area contributed by atoms with Gasteiger partial charge in [-0.3, -0.25) is 4.98 Å². The van der Waals surface area contributed by atoms with Gasteiger partial charge in [-0.25, -0.2) is 0 Å². The van der Waals surface area contributed by atoms with Gasteiger partial charge in [0.15, 0.2) is 0 Å². The molecule has 1 aromatic heterocycles. The molecule has 1 heterocycles. The van der Waals surface area contributed by atoms with E-state index in [-0.39, 0.29) is 0 Å². The van der Waals surface area contributed by atoms with Gasteiger partial charge in [0.05, 0.1) is 11.4 Å². The molecule has 0 fully saturated rings.